The van der Waals surface area contributed by atoms with E-state index >= 15 is 0 Å². The maximum atomic E-state index is 3.66. The summed E-state index contributed by atoms with van der Waals surface area (Å²) in [4.78, 5) is 0. The minimum atomic E-state index is 0.927. The molecule has 0 aliphatic heterocycles. The van der Waals surface area contributed by atoms with Gasteiger partial charge in [-0.25, -0.2) is 0 Å². The Kier molecular flexibility index (Phi) is 6.00. The largest absolute Gasteiger partial charge is 0.0530 e. The summed E-state index contributed by atoms with van der Waals surface area (Å²) in [6.45, 7) is 7.32. The van der Waals surface area contributed by atoms with Crippen molar-refractivity contribution in [3.05, 3.63) is 26.7 Å². The van der Waals surface area contributed by atoms with Crippen molar-refractivity contribution in [2.45, 2.75) is 19.3 Å². The fourth-order valence-corrected chi connectivity index (χ4v) is 0.354. The molecule has 0 rings (SSSR count). The molecule has 0 spiro atoms. The molecule has 40 valence electrons. The summed E-state index contributed by atoms with van der Waals surface area (Å²) in [5.74, 6) is 0. The molecule has 0 fully saturated rings. The highest BCUT2D eigenvalue weighted by Gasteiger charge is 1.81. The minimum Gasteiger partial charge on any atom is -0.0530 e. The molecule has 0 nitrogen and oxygen atoms in total. The van der Waals surface area contributed by atoms with Crippen LogP contribution >= 0.6 is 0 Å². The first-order valence-electron chi connectivity index (χ1n) is 2.63. The maximum Gasteiger partial charge on any atom is -0.0383 e. The molecular formula is C7H12. The lowest BCUT2D eigenvalue weighted by atomic mass is 10.2. The molecule has 7 heavy (non-hydrogen) atoms. The second-order valence-corrected chi connectivity index (χ2v) is 1.39. The zero-order valence-corrected chi connectivity index (χ0v) is 4.69. The van der Waals surface area contributed by atoms with Crippen LogP contribution in [0.25, 0.3) is 0 Å². The molecule has 0 heterocycles. The van der Waals surface area contributed by atoms with Gasteiger partial charge in [0.05, 0.1) is 0 Å². The number of hydrogen-bond donors (Lipinski definition) is 0. The predicted octanol–water partition coefficient (Wildman–Crippen LogP) is 2.23. The van der Waals surface area contributed by atoms with E-state index in [-0.39, 0.29) is 0 Å². The van der Waals surface area contributed by atoms with Crippen LogP contribution in [0.4, 0.5) is 0 Å². The summed E-state index contributed by atoms with van der Waals surface area (Å²) in [5, 5.41) is 0. The van der Waals surface area contributed by atoms with Crippen molar-refractivity contribution in [3.8, 4) is 0 Å². The molecule has 0 aliphatic carbocycles. The van der Waals surface area contributed by atoms with Gasteiger partial charge >= 0.3 is 0 Å². The van der Waals surface area contributed by atoms with Crippen molar-refractivity contribution >= 4 is 0 Å². The van der Waals surface area contributed by atoms with E-state index in [1.54, 1.807) is 0 Å². The first-order chi connectivity index (χ1) is 3.41. The molecule has 0 heteroatoms. The van der Waals surface area contributed by atoms with Gasteiger partial charge in [0.15, 0.2) is 0 Å². The van der Waals surface area contributed by atoms with Crippen molar-refractivity contribution in [3.63, 3.8) is 0 Å². The Balaban J connectivity index is 2.45. The van der Waals surface area contributed by atoms with E-state index < -0.39 is 0 Å². The van der Waals surface area contributed by atoms with Crippen LogP contribution in [-0.2, 0) is 0 Å². The van der Waals surface area contributed by atoms with E-state index in [1.807, 2.05) is 0 Å². The summed E-state index contributed by atoms with van der Waals surface area (Å²) in [7, 11) is 0. The lowest BCUT2D eigenvalue weighted by Crippen LogP contribution is -1.73. The molecule has 0 aromatic heterocycles. The molecule has 0 unspecified atom stereocenters. The first-order valence-corrected chi connectivity index (χ1v) is 2.63. The smallest absolute Gasteiger partial charge is 0.0383 e. The van der Waals surface area contributed by atoms with Crippen molar-refractivity contribution in [2.24, 2.45) is 0 Å². The Morgan fingerprint density at radius 1 is 1.00 bits per heavy atom. The molecule has 0 saturated carbocycles. The maximum absolute atomic E-state index is 3.66. The Labute approximate surface area is 46.9 Å². The van der Waals surface area contributed by atoms with Gasteiger partial charge in [-0.05, 0) is 19.3 Å². The monoisotopic (exact) mass is 96.1 g/mol. The summed E-state index contributed by atoms with van der Waals surface area (Å²) < 4.78 is 0. The van der Waals surface area contributed by atoms with Gasteiger partial charge in [0.2, 0.25) is 0 Å². The molecule has 0 N–H and O–H groups in total. The van der Waals surface area contributed by atoms with Gasteiger partial charge in [-0.3, -0.25) is 0 Å². The van der Waals surface area contributed by atoms with Crippen LogP contribution in [0.5, 0.6) is 0 Å². The molecule has 4 radical (unpaired) electrons. The van der Waals surface area contributed by atoms with E-state index in [1.165, 1.54) is 0 Å². The standard InChI is InChI=1S/C7H12/c1-3-5-7-6-4-2/h5-6H,1-4,7H2. The van der Waals surface area contributed by atoms with Gasteiger partial charge in [-0.15, -0.1) is 0 Å². The molecule has 0 aliphatic rings. The quantitative estimate of drug-likeness (QED) is 0.471. The fourth-order valence-electron chi connectivity index (χ4n) is 0.354. The molecule has 0 bridgehead atoms. The third-order valence-corrected chi connectivity index (χ3v) is 0.742. The van der Waals surface area contributed by atoms with E-state index in [2.05, 4.69) is 26.7 Å². The fraction of sp³-hybridized carbons (Fsp3) is 0.429. The highest BCUT2D eigenvalue weighted by Crippen LogP contribution is 1.96. The van der Waals surface area contributed by atoms with Crippen LogP contribution in [-0.4, -0.2) is 0 Å². The van der Waals surface area contributed by atoms with E-state index in [9.17, 15) is 0 Å². The van der Waals surface area contributed by atoms with E-state index in [0.717, 1.165) is 19.3 Å². The number of hydrogen-bond acceptors (Lipinski definition) is 0. The van der Waals surface area contributed by atoms with E-state index in [0.29, 0.717) is 0 Å². The summed E-state index contributed by atoms with van der Waals surface area (Å²) in [6, 6.07) is 0. The Morgan fingerprint density at radius 3 is 1.71 bits per heavy atom. The molecule has 0 atom stereocenters. The second kappa shape index (κ2) is 6.00. The number of rotatable bonds is 4. The number of unbranched alkanes of at least 4 members (excludes halogenated alkanes) is 4. The summed E-state index contributed by atoms with van der Waals surface area (Å²) in [5.41, 5.74) is 0. The minimum absolute atomic E-state index is 0.927. The average Bonchev–Trinajstić information content (AvgIpc) is 1.69. The third-order valence-electron chi connectivity index (χ3n) is 0.742. The van der Waals surface area contributed by atoms with Crippen LogP contribution < -0.4 is 0 Å². The molecule has 0 amide bonds. The van der Waals surface area contributed by atoms with Crippen molar-refractivity contribution in [1.82, 2.24) is 0 Å². The second-order valence-electron chi connectivity index (χ2n) is 1.39. The predicted molar refractivity (Wildman–Crippen MR) is 33.2 cm³/mol. The third kappa shape index (κ3) is 6.00. The molecule has 0 aromatic rings. The molecule has 0 saturated heterocycles. The topological polar surface area (TPSA) is 0 Å². The van der Waals surface area contributed by atoms with Gasteiger partial charge < -0.3 is 0 Å². The van der Waals surface area contributed by atoms with Crippen LogP contribution in [0, 0.1) is 26.7 Å². The van der Waals surface area contributed by atoms with E-state index in [4.69, 9.17) is 0 Å². The average molecular weight is 96.2 g/mol. The van der Waals surface area contributed by atoms with Crippen molar-refractivity contribution < 1.29 is 0 Å². The van der Waals surface area contributed by atoms with Gasteiger partial charge in [-0.1, -0.05) is 26.7 Å². The van der Waals surface area contributed by atoms with Crippen LogP contribution in [0.1, 0.15) is 19.3 Å². The SMILES string of the molecule is [CH2]C[CH]C[CH]C[CH2]. The van der Waals surface area contributed by atoms with Gasteiger partial charge in [0.25, 0.3) is 0 Å². The zero-order valence-electron chi connectivity index (χ0n) is 4.69. The summed E-state index contributed by atoms with van der Waals surface area (Å²) in [6.07, 6.45) is 7.18. The molecular weight excluding hydrogens is 84.1 g/mol. The Hall–Kier alpha value is 0. The van der Waals surface area contributed by atoms with Crippen LogP contribution in [0.2, 0.25) is 0 Å². The van der Waals surface area contributed by atoms with Gasteiger partial charge in [0, 0.05) is 0 Å². The molecule has 0 aromatic carbocycles. The highest BCUT2D eigenvalue weighted by molar-refractivity contribution is 4.76. The normalized spacial score (nSPS) is 9.43. The van der Waals surface area contributed by atoms with Gasteiger partial charge in [-0.2, -0.15) is 0 Å². The van der Waals surface area contributed by atoms with Crippen molar-refractivity contribution in [1.29, 1.82) is 0 Å². The lowest BCUT2D eigenvalue weighted by molar-refractivity contribution is 0.989. The van der Waals surface area contributed by atoms with Crippen molar-refractivity contribution in [2.75, 3.05) is 0 Å². The lowest BCUT2D eigenvalue weighted by Gasteiger charge is -1.89. The Bertz CT molecular complexity index is 19.2. The van der Waals surface area contributed by atoms with Gasteiger partial charge in [0.1, 0.15) is 0 Å². The van der Waals surface area contributed by atoms with Crippen LogP contribution in [0.15, 0.2) is 0 Å². The Morgan fingerprint density at radius 2 is 1.43 bits per heavy atom. The zero-order chi connectivity index (χ0) is 5.54. The first kappa shape index (κ1) is 7.00. The van der Waals surface area contributed by atoms with Crippen LogP contribution in [0.3, 0.4) is 0 Å². The summed E-state index contributed by atoms with van der Waals surface area (Å²) >= 11 is 0. The highest BCUT2D eigenvalue weighted by atomic mass is 13.9.